The van der Waals surface area contributed by atoms with Crippen LogP contribution >= 0.6 is 0 Å². The number of fused-ring (bicyclic) bond motifs is 1. The highest BCUT2D eigenvalue weighted by Crippen LogP contribution is 2.65. The second-order valence-corrected chi connectivity index (χ2v) is 9.39. The normalized spacial score (nSPS) is 33.0. The summed E-state index contributed by atoms with van der Waals surface area (Å²) >= 11 is 0. The third-order valence-corrected chi connectivity index (χ3v) is 6.71. The van der Waals surface area contributed by atoms with Crippen molar-refractivity contribution in [2.75, 3.05) is 0 Å². The fourth-order valence-corrected chi connectivity index (χ4v) is 5.33. The van der Waals surface area contributed by atoms with E-state index in [1.165, 1.54) is 12.0 Å². The van der Waals surface area contributed by atoms with Crippen molar-refractivity contribution in [3.8, 4) is 0 Å². The molecule has 2 aliphatic carbocycles. The summed E-state index contributed by atoms with van der Waals surface area (Å²) in [4.78, 5) is 12.6. The van der Waals surface area contributed by atoms with Crippen LogP contribution in [0.2, 0.25) is 0 Å². The molecule has 4 nitrogen and oxygen atoms in total. The number of ether oxygens (including phenoxy) is 1. The van der Waals surface area contributed by atoms with Gasteiger partial charge in [0.05, 0.1) is 0 Å². The van der Waals surface area contributed by atoms with Crippen LogP contribution in [0.25, 0.3) is 0 Å². The second kappa shape index (κ2) is 6.44. The summed E-state index contributed by atoms with van der Waals surface area (Å²) in [6.07, 6.45) is 8.09. The summed E-state index contributed by atoms with van der Waals surface area (Å²) in [6, 6.07) is 0. The van der Waals surface area contributed by atoms with Crippen LogP contribution in [0.3, 0.4) is 0 Å². The van der Waals surface area contributed by atoms with Gasteiger partial charge in [0.25, 0.3) is 0 Å². The van der Waals surface area contributed by atoms with Gasteiger partial charge in [-0.2, -0.15) is 10.1 Å². The Balaban J connectivity index is 1.89. The highest BCUT2D eigenvalue weighted by molar-refractivity contribution is 5.86. The van der Waals surface area contributed by atoms with Crippen LogP contribution in [0.5, 0.6) is 0 Å². The number of amides is 1. The van der Waals surface area contributed by atoms with Crippen LogP contribution in [-0.4, -0.2) is 28.5 Å². The lowest BCUT2D eigenvalue weighted by molar-refractivity contribution is 0.0567. The molecule has 3 fully saturated rings. The van der Waals surface area contributed by atoms with Crippen molar-refractivity contribution in [1.82, 2.24) is 5.01 Å². The van der Waals surface area contributed by atoms with Gasteiger partial charge in [-0.1, -0.05) is 39.3 Å². The van der Waals surface area contributed by atoms with Gasteiger partial charge >= 0.3 is 6.09 Å². The molecule has 1 saturated heterocycles. The van der Waals surface area contributed by atoms with Crippen molar-refractivity contribution in [3.63, 3.8) is 0 Å². The summed E-state index contributed by atoms with van der Waals surface area (Å²) in [5.74, 6) is 1.17. The number of allylic oxidation sites excluding steroid dienone is 2. The number of nitrogens with zero attached hydrogens (tertiary/aromatic N) is 2. The van der Waals surface area contributed by atoms with Crippen molar-refractivity contribution in [2.45, 2.75) is 91.7 Å². The maximum atomic E-state index is 12.6. The second-order valence-electron chi connectivity index (χ2n) is 9.39. The maximum Gasteiger partial charge on any atom is 0.431 e. The predicted octanol–water partition coefficient (Wildman–Crippen LogP) is 5.53. The highest BCUT2D eigenvalue weighted by atomic mass is 16.6. The molecule has 0 aromatic carbocycles. The van der Waals surface area contributed by atoms with E-state index in [1.54, 1.807) is 5.01 Å². The smallest absolute Gasteiger partial charge is 0.431 e. The molecule has 3 aliphatic rings. The Hall–Kier alpha value is -1.32. The summed E-state index contributed by atoms with van der Waals surface area (Å²) in [6.45, 7) is 13.3. The lowest BCUT2D eigenvalue weighted by Crippen LogP contribution is -2.53. The van der Waals surface area contributed by atoms with Crippen LogP contribution in [0.1, 0.15) is 80.1 Å². The molecule has 3 rings (SSSR count). The summed E-state index contributed by atoms with van der Waals surface area (Å²) in [7, 11) is 0. The molecule has 2 saturated carbocycles. The summed E-state index contributed by atoms with van der Waals surface area (Å²) in [5, 5.41) is 6.72. The van der Waals surface area contributed by atoms with E-state index in [1.807, 2.05) is 0 Å². The average molecular weight is 347 g/mol. The molecule has 1 heterocycles. The number of hydrogen-bond donors (Lipinski definition) is 0. The lowest BCUT2D eigenvalue weighted by atomic mass is 9.75. The zero-order valence-electron chi connectivity index (χ0n) is 16.8. The first kappa shape index (κ1) is 18.5. The van der Waals surface area contributed by atoms with E-state index in [0.29, 0.717) is 11.8 Å². The Kier molecular flexibility index (Phi) is 4.76. The topological polar surface area (TPSA) is 41.9 Å². The van der Waals surface area contributed by atoms with E-state index >= 15 is 0 Å². The third-order valence-electron chi connectivity index (χ3n) is 6.71. The van der Waals surface area contributed by atoms with E-state index in [0.717, 1.165) is 37.8 Å². The molecule has 1 amide bonds. The number of rotatable bonds is 6. The fourth-order valence-electron chi connectivity index (χ4n) is 5.33. The molecular formula is C21H34N2O2. The first-order chi connectivity index (χ1) is 11.7. The number of hydrogen-bond acceptors (Lipinski definition) is 3. The molecule has 0 N–H and O–H groups in total. The van der Waals surface area contributed by atoms with E-state index in [2.05, 4.69) is 47.6 Å². The molecule has 0 aromatic heterocycles. The fraction of sp³-hybridized carbons (Fsp3) is 0.810. The first-order valence-electron chi connectivity index (χ1n) is 9.89. The molecule has 2 bridgehead atoms. The van der Waals surface area contributed by atoms with Crippen molar-refractivity contribution in [2.24, 2.45) is 22.4 Å². The van der Waals surface area contributed by atoms with Gasteiger partial charge in [-0.05, 0) is 69.6 Å². The molecule has 0 aromatic rings. The van der Waals surface area contributed by atoms with Gasteiger partial charge in [-0.3, -0.25) is 0 Å². The summed E-state index contributed by atoms with van der Waals surface area (Å²) in [5.41, 5.74) is 2.31. The van der Waals surface area contributed by atoms with Crippen molar-refractivity contribution in [3.05, 3.63) is 11.6 Å². The van der Waals surface area contributed by atoms with Gasteiger partial charge in [-0.25, -0.2) is 4.79 Å². The molecule has 140 valence electrons. The monoisotopic (exact) mass is 346 g/mol. The Labute approximate surface area is 152 Å². The Morgan fingerprint density at radius 1 is 1.40 bits per heavy atom. The molecule has 1 spiro atoms. The number of carbonyl (C=O) groups excluding carboxylic acids is 1. The molecule has 0 unspecified atom stereocenters. The molecule has 25 heavy (non-hydrogen) atoms. The lowest BCUT2D eigenvalue weighted by Gasteiger charge is -2.40. The molecule has 3 atom stereocenters. The molecule has 4 heteroatoms. The van der Waals surface area contributed by atoms with Crippen molar-refractivity contribution in [1.29, 1.82) is 0 Å². The Morgan fingerprint density at radius 2 is 2.12 bits per heavy atom. The highest BCUT2D eigenvalue weighted by Gasteiger charge is 2.73. The predicted molar refractivity (Wildman–Crippen MR) is 102 cm³/mol. The van der Waals surface area contributed by atoms with Gasteiger partial charge in [0.1, 0.15) is 11.6 Å². The van der Waals surface area contributed by atoms with Crippen LogP contribution in [0, 0.1) is 17.3 Å². The minimum absolute atomic E-state index is 0.0237. The minimum Gasteiger partial charge on any atom is -0.442 e. The first-order valence-corrected chi connectivity index (χ1v) is 9.89. The van der Waals surface area contributed by atoms with Crippen LogP contribution < -0.4 is 0 Å². The zero-order valence-corrected chi connectivity index (χ0v) is 16.8. The number of carbonyl (C=O) groups is 1. The third kappa shape index (κ3) is 2.92. The van der Waals surface area contributed by atoms with E-state index < -0.39 is 0 Å². The van der Waals surface area contributed by atoms with Crippen LogP contribution in [-0.2, 0) is 4.74 Å². The Bertz CT molecular complexity index is 601. The maximum absolute atomic E-state index is 12.6. The Morgan fingerprint density at radius 3 is 2.72 bits per heavy atom. The van der Waals surface area contributed by atoms with Crippen molar-refractivity contribution >= 4 is 11.8 Å². The SMILES string of the molecule is CC(C)=CCC/C(CC(C)C)=N\N1C(=O)O[C@@H]2C[C@H]3CC[C@]21C3(C)C. The molecule has 0 radical (unpaired) electrons. The molecular weight excluding hydrogens is 312 g/mol. The van der Waals surface area contributed by atoms with E-state index in [4.69, 9.17) is 9.84 Å². The largest absolute Gasteiger partial charge is 0.442 e. The van der Waals surface area contributed by atoms with Gasteiger partial charge < -0.3 is 4.74 Å². The van der Waals surface area contributed by atoms with Crippen LogP contribution in [0.15, 0.2) is 16.8 Å². The number of hydrazone groups is 1. The minimum atomic E-state index is -0.234. The van der Waals surface area contributed by atoms with Gasteiger partial charge in [0.2, 0.25) is 0 Å². The average Bonchev–Trinajstić information content (AvgIpc) is 3.00. The van der Waals surface area contributed by atoms with Gasteiger partial charge in [-0.15, -0.1) is 0 Å². The molecule has 1 aliphatic heterocycles. The van der Waals surface area contributed by atoms with E-state index in [-0.39, 0.29) is 23.2 Å². The zero-order chi connectivity index (χ0) is 18.4. The van der Waals surface area contributed by atoms with E-state index in [9.17, 15) is 4.79 Å². The van der Waals surface area contributed by atoms with Crippen molar-refractivity contribution < 1.29 is 9.53 Å². The standard InChI is InChI=1S/C21H34N2O2/c1-14(2)8-7-9-17(12-15(3)4)22-23-19(24)25-18-13-16-10-11-21(18,23)20(16,5)6/h8,15-16,18H,7,9-13H2,1-6H3/b22-17+/t16-,18-,21-/m1/s1. The van der Waals surface area contributed by atoms with Gasteiger partial charge in [0.15, 0.2) is 0 Å². The van der Waals surface area contributed by atoms with Crippen LogP contribution in [0.4, 0.5) is 4.79 Å². The quantitative estimate of drug-likeness (QED) is 0.468. The van der Waals surface area contributed by atoms with Gasteiger partial charge in [0, 0.05) is 5.71 Å². The summed E-state index contributed by atoms with van der Waals surface area (Å²) < 4.78 is 5.77.